The molecule has 21 heavy (non-hydrogen) atoms. The van der Waals surface area contributed by atoms with Crippen molar-refractivity contribution in [2.75, 3.05) is 6.54 Å². The third-order valence-corrected chi connectivity index (χ3v) is 3.91. The minimum absolute atomic E-state index is 0.205. The molecule has 1 unspecified atom stereocenters. The van der Waals surface area contributed by atoms with Crippen LogP contribution in [0.2, 0.25) is 0 Å². The van der Waals surface area contributed by atoms with Gasteiger partial charge in [0.05, 0.1) is 6.10 Å². The maximum Gasteiger partial charge on any atom is 0.244 e. The lowest BCUT2D eigenvalue weighted by Gasteiger charge is -2.08. The molecule has 0 radical (unpaired) electrons. The van der Waals surface area contributed by atoms with Gasteiger partial charge in [0.15, 0.2) is 0 Å². The smallest absolute Gasteiger partial charge is 0.244 e. The van der Waals surface area contributed by atoms with Crippen molar-refractivity contribution in [2.45, 2.75) is 19.4 Å². The number of benzene rings is 1. The van der Waals surface area contributed by atoms with Crippen LogP contribution in [0.25, 0.3) is 6.08 Å². The van der Waals surface area contributed by atoms with Gasteiger partial charge in [0.1, 0.15) is 0 Å². The number of amides is 1. The molecule has 0 saturated carbocycles. The fraction of sp³-hybridized carbons (Fsp3) is 0.235. The molecule has 2 rings (SSSR count). The lowest BCUT2D eigenvalue weighted by atomic mass is 10.1. The highest BCUT2D eigenvalue weighted by atomic mass is 32.1. The zero-order valence-corrected chi connectivity index (χ0v) is 12.8. The Morgan fingerprint density at radius 2 is 2.10 bits per heavy atom. The molecular formula is C17H19NO2S. The predicted octanol–water partition coefficient (Wildman–Crippen LogP) is 3.17. The van der Waals surface area contributed by atoms with Gasteiger partial charge in [-0.25, -0.2) is 0 Å². The number of nitrogens with one attached hydrogen (secondary N) is 1. The van der Waals surface area contributed by atoms with Crippen LogP contribution in [0.5, 0.6) is 0 Å². The van der Waals surface area contributed by atoms with Crippen molar-refractivity contribution < 1.29 is 9.90 Å². The summed E-state index contributed by atoms with van der Waals surface area (Å²) in [5, 5.41) is 16.3. The van der Waals surface area contributed by atoms with Crippen LogP contribution >= 0.6 is 11.3 Å². The van der Waals surface area contributed by atoms with E-state index in [0.29, 0.717) is 0 Å². The van der Waals surface area contributed by atoms with Crippen LogP contribution in [0, 0.1) is 0 Å². The van der Waals surface area contributed by atoms with Crippen molar-refractivity contribution in [3.05, 3.63) is 63.9 Å². The molecule has 1 amide bonds. The highest BCUT2D eigenvalue weighted by Crippen LogP contribution is 2.15. The highest BCUT2D eigenvalue weighted by Gasteiger charge is 2.08. The molecule has 0 fully saturated rings. The van der Waals surface area contributed by atoms with E-state index >= 15 is 0 Å². The molecule has 0 aliphatic carbocycles. The van der Waals surface area contributed by atoms with E-state index in [0.717, 1.165) is 17.5 Å². The molecule has 3 nitrogen and oxygen atoms in total. The minimum Gasteiger partial charge on any atom is -0.387 e. The third-order valence-electron chi connectivity index (χ3n) is 3.21. The molecule has 0 aliphatic rings. The van der Waals surface area contributed by atoms with E-state index in [2.05, 4.69) is 24.4 Å². The number of rotatable bonds is 6. The molecule has 2 aromatic rings. The van der Waals surface area contributed by atoms with E-state index in [4.69, 9.17) is 0 Å². The Morgan fingerprint density at radius 3 is 2.71 bits per heavy atom. The summed E-state index contributed by atoms with van der Waals surface area (Å²) in [5.41, 5.74) is 3.09. The maximum absolute atomic E-state index is 11.7. The molecule has 1 atom stereocenters. The Kier molecular flexibility index (Phi) is 5.72. The van der Waals surface area contributed by atoms with Crippen LogP contribution < -0.4 is 5.32 Å². The lowest BCUT2D eigenvalue weighted by molar-refractivity contribution is -0.116. The first-order valence-electron chi connectivity index (χ1n) is 6.94. The van der Waals surface area contributed by atoms with Gasteiger partial charge in [-0.1, -0.05) is 31.2 Å². The van der Waals surface area contributed by atoms with Gasteiger partial charge in [-0.2, -0.15) is 11.3 Å². The van der Waals surface area contributed by atoms with E-state index in [-0.39, 0.29) is 12.5 Å². The molecule has 1 aromatic carbocycles. The van der Waals surface area contributed by atoms with E-state index in [9.17, 15) is 9.90 Å². The number of hydrogen-bond acceptors (Lipinski definition) is 3. The summed E-state index contributed by atoms with van der Waals surface area (Å²) in [6, 6.07) is 9.94. The number of aliphatic hydroxyl groups excluding tert-OH is 1. The van der Waals surface area contributed by atoms with Gasteiger partial charge in [-0.05, 0) is 46.0 Å². The molecule has 0 aliphatic heterocycles. The SMILES string of the molecule is CCc1ccc(/C=C/C(=O)NCC(O)c2ccsc2)cc1. The molecule has 4 heteroatoms. The van der Waals surface area contributed by atoms with E-state index in [1.54, 1.807) is 6.08 Å². The van der Waals surface area contributed by atoms with Crippen molar-refractivity contribution in [1.82, 2.24) is 5.32 Å². The zero-order valence-electron chi connectivity index (χ0n) is 12.0. The summed E-state index contributed by atoms with van der Waals surface area (Å²) >= 11 is 1.53. The predicted molar refractivity (Wildman–Crippen MR) is 87.1 cm³/mol. The standard InChI is InChI=1S/C17H19NO2S/c1-2-13-3-5-14(6-4-13)7-8-17(20)18-11-16(19)15-9-10-21-12-15/h3-10,12,16,19H,2,11H2,1H3,(H,18,20)/b8-7+. The first-order valence-corrected chi connectivity index (χ1v) is 7.88. The Bertz CT molecular complexity index is 588. The quantitative estimate of drug-likeness (QED) is 0.805. The van der Waals surface area contributed by atoms with Crippen LogP contribution in [0.15, 0.2) is 47.2 Å². The summed E-state index contributed by atoms with van der Waals surface area (Å²) in [6.07, 6.45) is 3.61. The fourth-order valence-corrected chi connectivity index (χ4v) is 2.58. The molecule has 0 spiro atoms. The molecule has 110 valence electrons. The van der Waals surface area contributed by atoms with Crippen LogP contribution in [0.1, 0.15) is 29.7 Å². The van der Waals surface area contributed by atoms with Crippen molar-refractivity contribution in [3.8, 4) is 0 Å². The monoisotopic (exact) mass is 301 g/mol. The molecular weight excluding hydrogens is 282 g/mol. The summed E-state index contributed by atoms with van der Waals surface area (Å²) in [6.45, 7) is 2.33. The Hall–Kier alpha value is -1.91. The van der Waals surface area contributed by atoms with Crippen LogP contribution in [-0.4, -0.2) is 17.6 Å². The summed E-state index contributed by atoms with van der Waals surface area (Å²) in [7, 11) is 0. The molecule has 0 saturated heterocycles. The average molecular weight is 301 g/mol. The summed E-state index contributed by atoms with van der Waals surface area (Å²) < 4.78 is 0. The number of carbonyl (C=O) groups excluding carboxylic acids is 1. The van der Waals surface area contributed by atoms with Crippen molar-refractivity contribution in [2.24, 2.45) is 0 Å². The van der Waals surface area contributed by atoms with Gasteiger partial charge < -0.3 is 10.4 Å². The van der Waals surface area contributed by atoms with Gasteiger partial charge >= 0.3 is 0 Å². The number of aliphatic hydroxyl groups is 1. The van der Waals surface area contributed by atoms with Gasteiger partial charge in [0, 0.05) is 12.6 Å². The second kappa shape index (κ2) is 7.76. The Balaban J connectivity index is 1.82. The zero-order chi connectivity index (χ0) is 15.1. The average Bonchev–Trinajstić information content (AvgIpc) is 3.05. The largest absolute Gasteiger partial charge is 0.387 e. The minimum atomic E-state index is -0.655. The molecule has 0 bridgehead atoms. The number of hydrogen-bond donors (Lipinski definition) is 2. The van der Waals surface area contributed by atoms with Crippen molar-refractivity contribution >= 4 is 23.3 Å². The van der Waals surface area contributed by atoms with Crippen LogP contribution in [-0.2, 0) is 11.2 Å². The van der Waals surface area contributed by atoms with Crippen molar-refractivity contribution in [3.63, 3.8) is 0 Å². The van der Waals surface area contributed by atoms with E-state index < -0.39 is 6.10 Å². The lowest BCUT2D eigenvalue weighted by Crippen LogP contribution is -2.26. The molecule has 2 N–H and O–H groups in total. The summed E-state index contributed by atoms with van der Waals surface area (Å²) in [5.74, 6) is -0.205. The van der Waals surface area contributed by atoms with E-state index in [1.165, 1.54) is 23.0 Å². The molecule has 1 heterocycles. The van der Waals surface area contributed by atoms with Gasteiger partial charge in [-0.3, -0.25) is 4.79 Å². The Labute approximate surface area is 128 Å². The first-order chi connectivity index (χ1) is 10.2. The normalized spacial score (nSPS) is 12.5. The second-order valence-corrected chi connectivity index (χ2v) is 5.53. The van der Waals surface area contributed by atoms with Gasteiger partial charge in [0.25, 0.3) is 0 Å². The second-order valence-electron chi connectivity index (χ2n) is 4.75. The third kappa shape index (κ3) is 4.85. The Morgan fingerprint density at radius 1 is 1.33 bits per heavy atom. The van der Waals surface area contributed by atoms with Gasteiger partial charge in [-0.15, -0.1) is 0 Å². The van der Waals surface area contributed by atoms with Crippen LogP contribution in [0.4, 0.5) is 0 Å². The van der Waals surface area contributed by atoms with E-state index in [1.807, 2.05) is 29.0 Å². The van der Waals surface area contributed by atoms with Crippen LogP contribution in [0.3, 0.4) is 0 Å². The maximum atomic E-state index is 11.7. The first kappa shape index (κ1) is 15.5. The highest BCUT2D eigenvalue weighted by molar-refractivity contribution is 7.07. The number of aryl methyl sites for hydroxylation is 1. The number of thiophene rings is 1. The van der Waals surface area contributed by atoms with Gasteiger partial charge in [0.2, 0.25) is 5.91 Å². The number of carbonyl (C=O) groups is 1. The van der Waals surface area contributed by atoms with Crippen molar-refractivity contribution in [1.29, 1.82) is 0 Å². The molecule has 1 aromatic heterocycles. The fourth-order valence-electron chi connectivity index (χ4n) is 1.88. The topological polar surface area (TPSA) is 49.3 Å². The summed E-state index contributed by atoms with van der Waals surface area (Å²) in [4.78, 5) is 11.7.